The minimum Gasteiger partial charge on any atom is -0.484 e. The summed E-state index contributed by atoms with van der Waals surface area (Å²) in [4.78, 5) is 84.9. The molecule has 0 unspecified atom stereocenters. The third-order valence-corrected chi connectivity index (χ3v) is 12.5. The van der Waals surface area contributed by atoms with Gasteiger partial charge >= 0.3 is 5.97 Å². The Balaban J connectivity index is 1.21. The van der Waals surface area contributed by atoms with Crippen molar-refractivity contribution in [2.24, 2.45) is 0 Å². The van der Waals surface area contributed by atoms with Crippen molar-refractivity contribution in [2.45, 2.75) is 62.3 Å². The van der Waals surface area contributed by atoms with Gasteiger partial charge in [0, 0.05) is 41.9 Å². The number of carboxylic acids is 1. The van der Waals surface area contributed by atoms with Gasteiger partial charge in [0.1, 0.15) is 36.0 Å². The molecule has 15 heteroatoms. The Morgan fingerprint density at radius 2 is 1.16 bits per heavy atom. The molecule has 2 aliphatic heterocycles. The normalized spacial score (nSPS) is 19.0. The van der Waals surface area contributed by atoms with Crippen LogP contribution in [0.4, 0.5) is 0 Å². The number of hydrogen-bond acceptors (Lipinski definition) is 9. The number of carbonyl (C=O) groups is 6. The van der Waals surface area contributed by atoms with E-state index in [0.29, 0.717) is 16.9 Å². The largest absolute Gasteiger partial charge is 0.484 e. The molecule has 0 fully saturated rings. The van der Waals surface area contributed by atoms with Crippen molar-refractivity contribution < 1.29 is 38.6 Å². The number of amides is 5. The van der Waals surface area contributed by atoms with Gasteiger partial charge in [0.25, 0.3) is 5.91 Å². The third-order valence-electron chi connectivity index (χ3n) is 10.7. The summed E-state index contributed by atoms with van der Waals surface area (Å²) < 4.78 is 5.79. The first kappa shape index (κ1) is 44.9. The van der Waals surface area contributed by atoms with E-state index < -0.39 is 72.3 Å². The molecule has 13 nitrogen and oxygen atoms in total. The van der Waals surface area contributed by atoms with Gasteiger partial charge in [-0.25, -0.2) is 4.79 Å². The second-order valence-electron chi connectivity index (χ2n) is 15.4. The maximum absolute atomic E-state index is 14.6. The molecule has 0 radical (unpaired) electrons. The Morgan fingerprint density at radius 1 is 0.609 bits per heavy atom. The van der Waals surface area contributed by atoms with Crippen LogP contribution in [-0.4, -0.2) is 77.4 Å². The lowest BCUT2D eigenvalue weighted by molar-refractivity contribution is -0.142. The van der Waals surface area contributed by atoms with E-state index in [1.54, 1.807) is 54.6 Å². The monoisotopic (exact) mass is 897 g/mol. The number of thiophene rings is 2. The third kappa shape index (κ3) is 12.7. The minimum atomic E-state index is -1.32. The van der Waals surface area contributed by atoms with Crippen LogP contribution in [0.2, 0.25) is 0 Å². The van der Waals surface area contributed by atoms with Crippen LogP contribution < -0.4 is 31.3 Å². The van der Waals surface area contributed by atoms with Crippen molar-refractivity contribution in [1.82, 2.24) is 26.6 Å². The first-order valence-corrected chi connectivity index (χ1v) is 22.5. The van der Waals surface area contributed by atoms with Gasteiger partial charge in [-0.1, -0.05) is 109 Å². The van der Waals surface area contributed by atoms with Gasteiger partial charge in [-0.2, -0.15) is 0 Å². The van der Waals surface area contributed by atoms with Gasteiger partial charge in [0.05, 0.1) is 0 Å². The molecule has 5 amide bonds. The average molecular weight is 898 g/mol. The molecule has 2 aromatic heterocycles. The number of aliphatic carboxylic acids is 1. The van der Waals surface area contributed by atoms with Crippen LogP contribution in [0.5, 0.6) is 5.75 Å². The predicted molar refractivity (Wildman–Crippen MR) is 245 cm³/mol. The Kier molecular flexibility index (Phi) is 15.3. The number of benzene rings is 4. The Hall–Kier alpha value is -7.10. The quantitative estimate of drug-likeness (QED) is 0.0936. The number of fused-ring (bicyclic) bond motifs is 16. The van der Waals surface area contributed by atoms with Crippen molar-refractivity contribution in [3.63, 3.8) is 0 Å². The van der Waals surface area contributed by atoms with Crippen LogP contribution >= 0.6 is 22.7 Å². The van der Waals surface area contributed by atoms with Gasteiger partial charge in [-0.05, 0) is 62.8 Å². The number of carbonyl (C=O) groups excluding carboxylic acids is 5. The maximum atomic E-state index is 14.6. The lowest BCUT2D eigenvalue weighted by atomic mass is 9.99. The summed E-state index contributed by atoms with van der Waals surface area (Å²) >= 11 is 2.80. The standard InChI is InChI=1S/C49H47N5O8S2/c55-44-30-62-36-21-17-33(18-22-36)26-40(46(57)54-43(49(60)61)27-31-9-3-1-4-10-31)52-48(59)42(29-38-14-8-24-64-38)53-45(56)39(51-47(58)41(50-44)28-37-13-7-23-63-37)25-32-15-19-35(20-16-32)34-11-5-2-6-12-34/h1-24,39-43H,25-30H2,(H,50,55)(H,51,58)(H,52,59)(H,53,56)(H,54,57)(H,60,61)/t39-,40+,41+,42+,43-/m1/s1. The zero-order valence-electron chi connectivity index (χ0n) is 34.6. The second kappa shape index (κ2) is 21.8. The van der Waals surface area contributed by atoms with E-state index in [0.717, 1.165) is 26.4 Å². The molecule has 8 rings (SSSR count). The molecule has 0 aliphatic carbocycles. The first-order chi connectivity index (χ1) is 31.1. The zero-order valence-corrected chi connectivity index (χ0v) is 36.2. The number of rotatable bonds is 12. The predicted octanol–water partition coefficient (Wildman–Crippen LogP) is 4.89. The summed E-state index contributed by atoms with van der Waals surface area (Å²) in [5, 5.41) is 27.8. The van der Waals surface area contributed by atoms with Gasteiger partial charge in [-0.15, -0.1) is 22.7 Å². The van der Waals surface area contributed by atoms with Crippen LogP contribution in [-0.2, 0) is 60.9 Å². The smallest absolute Gasteiger partial charge is 0.326 e. The van der Waals surface area contributed by atoms with Crippen molar-refractivity contribution in [2.75, 3.05) is 6.61 Å². The highest BCUT2D eigenvalue weighted by molar-refractivity contribution is 7.10. The molecule has 64 heavy (non-hydrogen) atoms. The number of hydrogen-bond donors (Lipinski definition) is 6. The zero-order chi connectivity index (χ0) is 44.8. The molecule has 2 aliphatic rings. The number of ether oxygens (including phenoxy) is 1. The highest BCUT2D eigenvalue weighted by atomic mass is 32.1. The molecule has 0 spiro atoms. The molecule has 6 aromatic rings. The fourth-order valence-electron chi connectivity index (χ4n) is 7.28. The molecule has 4 aromatic carbocycles. The molecular weight excluding hydrogens is 851 g/mol. The fourth-order valence-corrected chi connectivity index (χ4v) is 8.78. The SMILES string of the molecule is O=C1COc2ccc(cc2)C[C@@H](C(=O)N[C@H](Cc2ccccc2)C(=O)O)NC(=O)[C@H](Cc2cccs2)NC(=O)[C@@H](Cc2ccc(-c3ccccc3)cc2)NC(=O)[C@H](Cc2cccs2)N1. The summed E-state index contributed by atoms with van der Waals surface area (Å²) in [7, 11) is 0. The van der Waals surface area contributed by atoms with Gasteiger partial charge in [-0.3, -0.25) is 24.0 Å². The number of carboxylic acid groups (broad SMARTS) is 1. The lowest BCUT2D eigenvalue weighted by Gasteiger charge is -2.27. The van der Waals surface area contributed by atoms with Crippen molar-refractivity contribution in [1.29, 1.82) is 0 Å². The second-order valence-corrected chi connectivity index (χ2v) is 17.4. The molecule has 6 N–H and O–H groups in total. The molecule has 328 valence electrons. The van der Waals surface area contributed by atoms with Crippen LogP contribution in [0.25, 0.3) is 11.1 Å². The van der Waals surface area contributed by atoms with Crippen LogP contribution in [0.3, 0.4) is 0 Å². The molecule has 4 heterocycles. The fraction of sp³-hybridized carbons (Fsp3) is 0.224. The highest BCUT2D eigenvalue weighted by Crippen LogP contribution is 2.21. The van der Waals surface area contributed by atoms with Gasteiger partial charge in [0.15, 0.2) is 6.61 Å². The van der Waals surface area contributed by atoms with Gasteiger partial charge in [0.2, 0.25) is 23.6 Å². The molecular formula is C49H47N5O8S2. The minimum absolute atomic E-state index is 0.00444. The van der Waals surface area contributed by atoms with E-state index in [2.05, 4.69) is 26.6 Å². The number of nitrogens with one attached hydrogen (secondary N) is 5. The molecule has 0 saturated carbocycles. The Bertz CT molecular complexity index is 2500. The molecule has 5 atom stereocenters. The average Bonchev–Trinajstić information content (AvgIpc) is 4.03. The maximum Gasteiger partial charge on any atom is 0.326 e. The van der Waals surface area contributed by atoms with E-state index in [1.807, 2.05) is 89.6 Å². The molecule has 2 bridgehead atoms. The van der Waals surface area contributed by atoms with E-state index in [9.17, 15) is 33.9 Å². The van der Waals surface area contributed by atoms with Gasteiger partial charge < -0.3 is 36.4 Å². The van der Waals surface area contributed by atoms with E-state index in [4.69, 9.17) is 4.74 Å². The first-order valence-electron chi connectivity index (χ1n) is 20.7. The molecule has 0 saturated heterocycles. The van der Waals surface area contributed by atoms with Crippen molar-refractivity contribution >= 4 is 58.2 Å². The van der Waals surface area contributed by atoms with Crippen molar-refractivity contribution in [3.05, 3.63) is 171 Å². The summed E-state index contributed by atoms with van der Waals surface area (Å²) in [6.45, 7) is -0.422. The van der Waals surface area contributed by atoms with E-state index in [1.165, 1.54) is 22.7 Å². The highest BCUT2D eigenvalue weighted by Gasteiger charge is 2.34. The summed E-state index contributed by atoms with van der Waals surface area (Å²) in [6, 6.07) is 33.9. The van der Waals surface area contributed by atoms with E-state index in [-0.39, 0.29) is 32.1 Å². The Morgan fingerprint density at radius 3 is 1.73 bits per heavy atom. The van der Waals surface area contributed by atoms with Crippen LogP contribution in [0.1, 0.15) is 26.4 Å². The Labute approximate surface area is 378 Å². The van der Waals surface area contributed by atoms with E-state index >= 15 is 0 Å². The van der Waals surface area contributed by atoms with Crippen LogP contribution in [0, 0.1) is 0 Å². The summed E-state index contributed by atoms with van der Waals surface area (Å²) in [5.41, 5.74) is 3.95. The topological polar surface area (TPSA) is 192 Å². The summed E-state index contributed by atoms with van der Waals surface area (Å²) in [5.74, 6) is -4.24. The van der Waals surface area contributed by atoms with Crippen molar-refractivity contribution in [3.8, 4) is 16.9 Å². The summed E-state index contributed by atoms with van der Waals surface area (Å²) in [6.07, 6.45) is 0.156. The van der Waals surface area contributed by atoms with Crippen LogP contribution in [0.15, 0.2) is 144 Å². The lowest BCUT2D eigenvalue weighted by Crippen LogP contribution is -2.60.